The quantitative estimate of drug-likeness (QED) is 0.443. The third-order valence-corrected chi connectivity index (χ3v) is 4.36. The maximum absolute atomic E-state index is 11.9. The van der Waals surface area contributed by atoms with Crippen molar-refractivity contribution in [2.24, 2.45) is 0 Å². The molecule has 1 fully saturated rings. The Bertz CT molecular complexity index is 842. The maximum atomic E-state index is 11.9. The second-order valence-corrected chi connectivity index (χ2v) is 7.02. The van der Waals surface area contributed by atoms with Crippen molar-refractivity contribution in [1.82, 2.24) is 5.32 Å². The van der Waals surface area contributed by atoms with Crippen molar-refractivity contribution >= 4 is 23.8 Å². The van der Waals surface area contributed by atoms with E-state index in [1.165, 1.54) is 34.8 Å². The molecule has 176 valence electrons. The number of carbonyl (C=O) groups excluding carboxylic acids is 4. The first-order valence-corrected chi connectivity index (χ1v) is 9.81. The fourth-order valence-electron chi connectivity index (χ4n) is 3.20. The van der Waals surface area contributed by atoms with Crippen molar-refractivity contribution in [2.75, 3.05) is 13.7 Å². The van der Waals surface area contributed by atoms with Gasteiger partial charge in [0.2, 0.25) is 12.2 Å². The molecule has 0 aliphatic carbocycles. The van der Waals surface area contributed by atoms with Gasteiger partial charge < -0.3 is 33.7 Å². The molecule has 0 unspecified atom stereocenters. The molecule has 1 aromatic carbocycles. The van der Waals surface area contributed by atoms with Crippen LogP contribution < -0.4 is 14.8 Å². The number of benzene rings is 1. The Hall–Kier alpha value is -3.34. The van der Waals surface area contributed by atoms with E-state index >= 15 is 0 Å². The predicted octanol–water partition coefficient (Wildman–Crippen LogP) is 0.730. The second-order valence-electron chi connectivity index (χ2n) is 7.02. The third kappa shape index (κ3) is 7.12. The Morgan fingerprint density at radius 2 is 1.56 bits per heavy atom. The molecule has 0 bridgehead atoms. The number of carbonyl (C=O) groups is 4. The molecule has 1 heterocycles. The Labute approximate surface area is 185 Å². The fraction of sp³-hybridized carbons (Fsp3) is 0.524. The van der Waals surface area contributed by atoms with Gasteiger partial charge >= 0.3 is 17.9 Å². The van der Waals surface area contributed by atoms with Gasteiger partial charge in [0.05, 0.1) is 7.11 Å². The summed E-state index contributed by atoms with van der Waals surface area (Å²) in [4.78, 5) is 46.8. The molecular formula is C21H27NO10. The minimum atomic E-state index is -1.19. The van der Waals surface area contributed by atoms with Gasteiger partial charge in [-0.15, -0.1) is 0 Å². The molecule has 0 saturated carbocycles. The molecule has 5 atom stereocenters. The average Bonchev–Trinajstić information content (AvgIpc) is 2.70. The molecule has 1 N–H and O–H groups in total. The van der Waals surface area contributed by atoms with E-state index in [0.29, 0.717) is 11.5 Å². The number of methoxy groups -OCH3 is 1. The highest BCUT2D eigenvalue weighted by Gasteiger charge is 2.51. The minimum absolute atomic E-state index is 0.310. The van der Waals surface area contributed by atoms with Gasteiger partial charge in [-0.25, -0.2) is 0 Å². The van der Waals surface area contributed by atoms with Gasteiger partial charge in [-0.1, -0.05) is 6.07 Å². The van der Waals surface area contributed by atoms with Gasteiger partial charge in [-0.2, -0.15) is 0 Å². The van der Waals surface area contributed by atoms with E-state index in [2.05, 4.69) is 5.32 Å². The molecule has 1 aliphatic heterocycles. The summed E-state index contributed by atoms with van der Waals surface area (Å²) in [6.07, 6.45) is -4.61. The van der Waals surface area contributed by atoms with Crippen LogP contribution >= 0.6 is 0 Å². The van der Waals surface area contributed by atoms with Crippen LogP contribution in [-0.4, -0.2) is 68.2 Å². The number of ether oxygens (including phenoxy) is 6. The zero-order valence-corrected chi connectivity index (χ0v) is 18.5. The van der Waals surface area contributed by atoms with Crippen LogP contribution in [0.5, 0.6) is 11.5 Å². The minimum Gasteiger partial charge on any atom is -0.497 e. The van der Waals surface area contributed by atoms with Crippen molar-refractivity contribution in [1.29, 1.82) is 0 Å². The van der Waals surface area contributed by atoms with Crippen LogP contribution in [0.25, 0.3) is 0 Å². The SMILES string of the molecule is COc1cccc(O[C@H]2O[C@H](COC(C)=O)[C@H](OC(C)=O)[C@H](OC(C)=O)[C@H]2NC(C)=O)c1. The predicted molar refractivity (Wildman–Crippen MR) is 108 cm³/mol. The van der Waals surface area contributed by atoms with Gasteiger partial charge in [0, 0.05) is 33.8 Å². The Morgan fingerprint density at radius 3 is 2.12 bits per heavy atom. The highest BCUT2D eigenvalue weighted by Crippen LogP contribution is 2.30. The van der Waals surface area contributed by atoms with Crippen LogP contribution in [0.15, 0.2) is 24.3 Å². The second kappa shape index (κ2) is 11.3. The van der Waals surface area contributed by atoms with Gasteiger partial charge in [0.1, 0.15) is 30.3 Å². The smallest absolute Gasteiger partial charge is 0.303 e. The van der Waals surface area contributed by atoms with Crippen molar-refractivity contribution in [3.63, 3.8) is 0 Å². The largest absolute Gasteiger partial charge is 0.497 e. The van der Waals surface area contributed by atoms with Gasteiger partial charge in [0.15, 0.2) is 12.2 Å². The average molecular weight is 453 g/mol. The molecule has 2 rings (SSSR count). The molecule has 0 aromatic heterocycles. The van der Waals surface area contributed by atoms with Crippen LogP contribution in [0, 0.1) is 0 Å². The normalized spacial score (nSPS) is 24.6. The van der Waals surface area contributed by atoms with Crippen molar-refractivity contribution in [3.05, 3.63) is 24.3 Å². The van der Waals surface area contributed by atoms with E-state index in [-0.39, 0.29) is 6.61 Å². The molecule has 1 saturated heterocycles. The monoisotopic (exact) mass is 453 g/mol. The standard InChI is InChI=1S/C21H27NO10/c1-11(23)22-18-20(30-14(4)26)19(29-13(3)25)17(10-28-12(2)24)32-21(18)31-16-8-6-7-15(9-16)27-5/h6-9,17-21H,10H2,1-5H3,(H,22,23)/t17-,18-,19+,20-,21+/m1/s1. The molecule has 0 radical (unpaired) electrons. The fourth-order valence-corrected chi connectivity index (χ4v) is 3.20. The topological polar surface area (TPSA) is 136 Å². The third-order valence-electron chi connectivity index (χ3n) is 4.36. The molecular weight excluding hydrogens is 426 g/mol. The van der Waals surface area contributed by atoms with Crippen LogP contribution in [-0.2, 0) is 38.1 Å². The molecule has 0 spiro atoms. The molecule has 11 heteroatoms. The Kier molecular flexibility index (Phi) is 8.82. The Morgan fingerprint density at radius 1 is 0.938 bits per heavy atom. The lowest BCUT2D eigenvalue weighted by molar-refractivity contribution is -0.257. The van der Waals surface area contributed by atoms with E-state index in [9.17, 15) is 19.2 Å². The summed E-state index contributed by atoms with van der Waals surface area (Å²) < 4.78 is 32.8. The number of hydrogen-bond donors (Lipinski definition) is 1. The molecule has 1 aromatic rings. The molecule has 1 aliphatic rings. The van der Waals surface area contributed by atoms with E-state index in [1.54, 1.807) is 24.3 Å². The molecule has 11 nitrogen and oxygen atoms in total. The summed E-state index contributed by atoms with van der Waals surface area (Å²) in [7, 11) is 1.49. The highest BCUT2D eigenvalue weighted by molar-refractivity contribution is 5.73. The summed E-state index contributed by atoms with van der Waals surface area (Å²) in [6, 6.07) is 5.57. The number of amides is 1. The lowest BCUT2D eigenvalue weighted by Gasteiger charge is -2.44. The van der Waals surface area contributed by atoms with Crippen LogP contribution in [0.1, 0.15) is 27.7 Å². The summed E-state index contributed by atoms with van der Waals surface area (Å²) in [5.41, 5.74) is 0. The van der Waals surface area contributed by atoms with E-state index in [1.807, 2.05) is 0 Å². The van der Waals surface area contributed by atoms with Crippen molar-refractivity contribution in [2.45, 2.75) is 58.3 Å². The van der Waals surface area contributed by atoms with Crippen molar-refractivity contribution < 1.29 is 47.6 Å². The zero-order chi connectivity index (χ0) is 23.8. The highest BCUT2D eigenvalue weighted by atomic mass is 16.7. The summed E-state index contributed by atoms with van der Waals surface area (Å²) in [5.74, 6) is -1.57. The van der Waals surface area contributed by atoms with E-state index < -0.39 is 54.5 Å². The lowest BCUT2D eigenvalue weighted by Crippen LogP contribution is -2.67. The number of nitrogens with one attached hydrogen (secondary N) is 1. The lowest BCUT2D eigenvalue weighted by atomic mass is 9.96. The Balaban J connectivity index is 2.45. The number of rotatable bonds is 8. The summed E-state index contributed by atoms with van der Waals surface area (Å²) >= 11 is 0. The first-order valence-electron chi connectivity index (χ1n) is 9.81. The first kappa shape index (κ1) is 24.9. The van der Waals surface area contributed by atoms with Crippen LogP contribution in [0.3, 0.4) is 0 Å². The summed E-state index contributed by atoms with van der Waals surface area (Å²) in [6.45, 7) is 4.50. The molecule has 1 amide bonds. The maximum Gasteiger partial charge on any atom is 0.303 e. The molecule has 32 heavy (non-hydrogen) atoms. The van der Waals surface area contributed by atoms with Crippen LogP contribution in [0.2, 0.25) is 0 Å². The number of hydrogen-bond acceptors (Lipinski definition) is 10. The zero-order valence-electron chi connectivity index (χ0n) is 18.5. The van der Waals surface area contributed by atoms with Crippen LogP contribution in [0.4, 0.5) is 0 Å². The van der Waals surface area contributed by atoms with Gasteiger partial charge in [-0.05, 0) is 12.1 Å². The van der Waals surface area contributed by atoms with Crippen molar-refractivity contribution in [3.8, 4) is 11.5 Å². The van der Waals surface area contributed by atoms with Gasteiger partial charge in [0.25, 0.3) is 0 Å². The van der Waals surface area contributed by atoms with E-state index in [4.69, 9.17) is 28.4 Å². The van der Waals surface area contributed by atoms with Gasteiger partial charge in [-0.3, -0.25) is 19.2 Å². The number of esters is 3. The van der Waals surface area contributed by atoms with E-state index in [0.717, 1.165) is 0 Å². The first-order chi connectivity index (χ1) is 15.1. The summed E-state index contributed by atoms with van der Waals surface area (Å²) in [5, 5.41) is 2.63.